The van der Waals surface area contributed by atoms with Crippen molar-refractivity contribution in [3.8, 4) is 5.75 Å². The van der Waals surface area contributed by atoms with Crippen molar-refractivity contribution in [2.75, 3.05) is 0 Å². The van der Waals surface area contributed by atoms with E-state index in [0.29, 0.717) is 0 Å². The molecule has 1 N–H and O–H groups in total. The Kier molecular flexibility index (Phi) is 4.87. The Balaban J connectivity index is 1.92. The van der Waals surface area contributed by atoms with Crippen molar-refractivity contribution in [2.45, 2.75) is 5.92 Å². The predicted octanol–water partition coefficient (Wildman–Crippen LogP) is 4.81. The van der Waals surface area contributed by atoms with Crippen LogP contribution in [-0.4, -0.2) is 10.9 Å². The van der Waals surface area contributed by atoms with Gasteiger partial charge in [0.2, 0.25) is 0 Å². The Morgan fingerprint density at radius 1 is 0.792 bits per heavy atom. The van der Waals surface area contributed by atoms with Crippen molar-refractivity contribution in [3.63, 3.8) is 0 Å². The molecule has 2 heteroatoms. The van der Waals surface area contributed by atoms with Gasteiger partial charge in [-0.2, -0.15) is 0 Å². The van der Waals surface area contributed by atoms with Gasteiger partial charge in [-0.1, -0.05) is 78.9 Å². The van der Waals surface area contributed by atoms with E-state index in [1.165, 1.54) is 0 Å². The van der Waals surface area contributed by atoms with E-state index in [4.69, 9.17) is 0 Å². The highest BCUT2D eigenvalue weighted by molar-refractivity contribution is 6.00. The third-order valence-corrected chi connectivity index (χ3v) is 3.86. The van der Waals surface area contributed by atoms with E-state index in [1.807, 2.05) is 66.7 Å². The van der Waals surface area contributed by atoms with Crippen LogP contribution in [0, 0.1) is 0 Å². The van der Waals surface area contributed by atoms with Gasteiger partial charge < -0.3 is 5.11 Å². The van der Waals surface area contributed by atoms with Gasteiger partial charge in [0.05, 0.1) is 5.92 Å². The van der Waals surface area contributed by atoms with Gasteiger partial charge in [0.15, 0.2) is 5.78 Å². The lowest BCUT2D eigenvalue weighted by atomic mass is 9.87. The van der Waals surface area contributed by atoms with Gasteiger partial charge in [-0.3, -0.25) is 4.79 Å². The van der Waals surface area contributed by atoms with Gasteiger partial charge in [-0.25, -0.2) is 0 Å². The summed E-state index contributed by atoms with van der Waals surface area (Å²) < 4.78 is 0. The maximum Gasteiger partial charge on any atom is 0.167 e. The first kappa shape index (κ1) is 15.8. The summed E-state index contributed by atoms with van der Waals surface area (Å²) in [5, 5.41) is 9.52. The molecular weight excluding hydrogens is 296 g/mol. The summed E-state index contributed by atoms with van der Waals surface area (Å²) in [4.78, 5) is 12.9. The summed E-state index contributed by atoms with van der Waals surface area (Å²) in [6.07, 6.45) is 3.32. The Morgan fingerprint density at radius 3 is 1.92 bits per heavy atom. The van der Waals surface area contributed by atoms with E-state index in [0.717, 1.165) is 16.7 Å². The lowest BCUT2D eigenvalue weighted by molar-refractivity contribution is -0.115. The molecule has 0 saturated heterocycles. The Morgan fingerprint density at radius 2 is 1.38 bits per heavy atom. The molecule has 0 aromatic heterocycles. The molecule has 0 spiro atoms. The van der Waals surface area contributed by atoms with Gasteiger partial charge in [0, 0.05) is 0 Å². The Labute approximate surface area is 141 Å². The molecule has 0 aliphatic heterocycles. The summed E-state index contributed by atoms with van der Waals surface area (Å²) in [5.41, 5.74) is 2.73. The number of hydrogen-bond acceptors (Lipinski definition) is 2. The summed E-state index contributed by atoms with van der Waals surface area (Å²) in [6, 6.07) is 26.4. The van der Waals surface area contributed by atoms with Crippen molar-refractivity contribution in [1.82, 2.24) is 0 Å². The first-order chi connectivity index (χ1) is 11.7. The fourth-order valence-corrected chi connectivity index (χ4v) is 2.72. The van der Waals surface area contributed by atoms with Crippen molar-refractivity contribution in [1.29, 1.82) is 0 Å². The second kappa shape index (κ2) is 7.42. The van der Waals surface area contributed by atoms with Crippen LogP contribution in [0.3, 0.4) is 0 Å². The molecule has 24 heavy (non-hydrogen) atoms. The summed E-state index contributed by atoms with van der Waals surface area (Å²) in [5.74, 6) is -0.135. The lowest BCUT2D eigenvalue weighted by Gasteiger charge is -2.15. The van der Waals surface area contributed by atoms with Gasteiger partial charge in [-0.05, 0) is 34.9 Å². The number of carbonyl (C=O) groups is 1. The molecule has 3 aromatic rings. The standard InChI is InChI=1S/C22H18O2/c23-20-13-7-8-17(16-20)14-15-21(24)22(18-9-3-1-4-10-18)19-11-5-2-6-12-19/h1-16,22-23H/b15-14+. The quantitative estimate of drug-likeness (QED) is 0.686. The van der Waals surface area contributed by atoms with Crippen LogP contribution in [0.1, 0.15) is 22.6 Å². The highest BCUT2D eigenvalue weighted by Crippen LogP contribution is 2.26. The summed E-state index contributed by atoms with van der Waals surface area (Å²) >= 11 is 0. The van der Waals surface area contributed by atoms with E-state index in [-0.39, 0.29) is 17.5 Å². The van der Waals surface area contributed by atoms with Crippen LogP contribution in [-0.2, 0) is 4.79 Å². The van der Waals surface area contributed by atoms with Crippen molar-refractivity contribution in [2.24, 2.45) is 0 Å². The number of phenolic OH excluding ortho intramolecular Hbond substituents is 1. The number of aromatic hydroxyl groups is 1. The van der Waals surface area contributed by atoms with E-state index in [9.17, 15) is 9.90 Å². The van der Waals surface area contributed by atoms with Gasteiger partial charge in [0.1, 0.15) is 5.75 Å². The maximum atomic E-state index is 12.9. The number of phenols is 1. The van der Waals surface area contributed by atoms with Crippen molar-refractivity contribution < 1.29 is 9.90 Å². The van der Waals surface area contributed by atoms with Crippen molar-refractivity contribution in [3.05, 3.63) is 108 Å². The molecule has 0 aliphatic carbocycles. The van der Waals surface area contributed by atoms with E-state index >= 15 is 0 Å². The smallest absolute Gasteiger partial charge is 0.167 e. The van der Waals surface area contributed by atoms with Gasteiger partial charge in [-0.15, -0.1) is 0 Å². The Bertz CT molecular complexity index is 797. The highest BCUT2D eigenvalue weighted by Gasteiger charge is 2.20. The van der Waals surface area contributed by atoms with Crippen LogP contribution in [0.15, 0.2) is 91.0 Å². The third kappa shape index (κ3) is 3.79. The van der Waals surface area contributed by atoms with Crippen LogP contribution < -0.4 is 0 Å². The zero-order valence-corrected chi connectivity index (χ0v) is 13.2. The molecule has 0 radical (unpaired) electrons. The minimum Gasteiger partial charge on any atom is -0.508 e. The molecule has 3 aromatic carbocycles. The largest absolute Gasteiger partial charge is 0.508 e. The number of carbonyl (C=O) groups excluding carboxylic acids is 1. The second-order valence-electron chi connectivity index (χ2n) is 5.59. The average Bonchev–Trinajstić information content (AvgIpc) is 2.62. The fourth-order valence-electron chi connectivity index (χ4n) is 2.72. The highest BCUT2D eigenvalue weighted by atomic mass is 16.3. The Hall–Kier alpha value is -3.13. The molecule has 0 bridgehead atoms. The zero-order valence-electron chi connectivity index (χ0n) is 13.2. The van der Waals surface area contributed by atoms with Gasteiger partial charge in [0.25, 0.3) is 0 Å². The minimum absolute atomic E-state index is 0.00995. The maximum absolute atomic E-state index is 12.9. The molecule has 118 valence electrons. The first-order valence-electron chi connectivity index (χ1n) is 7.85. The van der Waals surface area contributed by atoms with E-state index in [2.05, 4.69) is 0 Å². The fraction of sp³-hybridized carbons (Fsp3) is 0.0455. The summed E-state index contributed by atoms with van der Waals surface area (Å²) in [6.45, 7) is 0. The van der Waals surface area contributed by atoms with Gasteiger partial charge >= 0.3 is 0 Å². The number of hydrogen-bond donors (Lipinski definition) is 1. The van der Waals surface area contributed by atoms with E-state index in [1.54, 1.807) is 30.4 Å². The van der Waals surface area contributed by atoms with Crippen LogP contribution >= 0.6 is 0 Å². The monoisotopic (exact) mass is 314 g/mol. The minimum atomic E-state index is -0.332. The second-order valence-corrected chi connectivity index (χ2v) is 5.59. The number of ketones is 1. The molecule has 0 heterocycles. The van der Waals surface area contributed by atoms with Crippen LogP contribution in [0.5, 0.6) is 5.75 Å². The average molecular weight is 314 g/mol. The zero-order chi connectivity index (χ0) is 16.8. The van der Waals surface area contributed by atoms with Crippen LogP contribution in [0.4, 0.5) is 0 Å². The lowest BCUT2D eigenvalue weighted by Crippen LogP contribution is -2.11. The molecule has 2 nitrogen and oxygen atoms in total. The molecule has 0 saturated carbocycles. The number of allylic oxidation sites excluding steroid dienone is 1. The molecule has 0 amide bonds. The third-order valence-electron chi connectivity index (χ3n) is 3.86. The molecular formula is C22H18O2. The molecule has 0 aliphatic rings. The van der Waals surface area contributed by atoms with Crippen LogP contribution in [0.25, 0.3) is 6.08 Å². The predicted molar refractivity (Wildman–Crippen MR) is 96.9 cm³/mol. The van der Waals surface area contributed by atoms with Crippen LogP contribution in [0.2, 0.25) is 0 Å². The number of benzene rings is 3. The molecule has 0 fully saturated rings. The normalized spacial score (nSPS) is 11.0. The number of rotatable bonds is 5. The molecule has 3 rings (SSSR count). The topological polar surface area (TPSA) is 37.3 Å². The molecule has 0 unspecified atom stereocenters. The van der Waals surface area contributed by atoms with E-state index < -0.39 is 0 Å². The van der Waals surface area contributed by atoms with Crippen molar-refractivity contribution >= 4 is 11.9 Å². The SMILES string of the molecule is O=C(/C=C/c1cccc(O)c1)C(c1ccccc1)c1ccccc1. The summed E-state index contributed by atoms with van der Waals surface area (Å²) in [7, 11) is 0. The molecule has 0 atom stereocenters. The first-order valence-corrected chi connectivity index (χ1v) is 7.85.